The summed E-state index contributed by atoms with van der Waals surface area (Å²) < 4.78 is 2.27. The summed E-state index contributed by atoms with van der Waals surface area (Å²) in [7, 11) is 0. The Kier molecular flexibility index (Phi) is 3.09. The molecule has 0 unspecified atom stereocenters. The molecule has 92 valence electrons. The first-order valence-corrected chi connectivity index (χ1v) is 6.24. The normalized spacial score (nSPS) is 11.7. The third-order valence-corrected chi connectivity index (χ3v) is 2.78. The molecule has 1 aromatic heterocycles. The lowest BCUT2D eigenvalue weighted by atomic mass is 10.2. The molecule has 0 saturated carbocycles. The van der Waals surface area contributed by atoms with E-state index in [2.05, 4.69) is 67.7 Å². The third kappa shape index (κ3) is 2.28. The van der Waals surface area contributed by atoms with Crippen molar-refractivity contribution in [3.8, 4) is 0 Å². The second-order valence-electron chi connectivity index (χ2n) is 5.19. The maximum Gasteiger partial charge on any atom is 0.204 e. The van der Waals surface area contributed by atoms with E-state index in [0.717, 1.165) is 11.5 Å². The van der Waals surface area contributed by atoms with Crippen molar-refractivity contribution in [3.63, 3.8) is 0 Å². The summed E-state index contributed by atoms with van der Waals surface area (Å²) in [6, 6.07) is 7.20. The van der Waals surface area contributed by atoms with E-state index in [1.54, 1.807) is 0 Å². The first-order chi connectivity index (χ1) is 7.99. The van der Waals surface area contributed by atoms with Crippen LogP contribution in [0.1, 0.15) is 39.3 Å². The van der Waals surface area contributed by atoms with Crippen LogP contribution in [0.5, 0.6) is 0 Å². The number of anilines is 1. The molecule has 17 heavy (non-hydrogen) atoms. The number of fused-ring (bicyclic) bond motifs is 1. The number of imidazole rings is 1. The van der Waals surface area contributed by atoms with Crippen LogP contribution < -0.4 is 5.32 Å². The average molecular weight is 231 g/mol. The highest BCUT2D eigenvalue weighted by Gasteiger charge is 2.13. The second-order valence-corrected chi connectivity index (χ2v) is 5.19. The molecular formula is C14H21N3. The number of benzene rings is 1. The number of aromatic nitrogens is 2. The largest absolute Gasteiger partial charge is 0.353 e. The monoisotopic (exact) mass is 231 g/mol. The lowest BCUT2D eigenvalue weighted by molar-refractivity contribution is 0.618. The molecule has 0 amide bonds. The Morgan fingerprint density at radius 2 is 1.88 bits per heavy atom. The predicted molar refractivity (Wildman–Crippen MR) is 73.6 cm³/mol. The van der Waals surface area contributed by atoms with Gasteiger partial charge < -0.3 is 9.88 Å². The van der Waals surface area contributed by atoms with Gasteiger partial charge in [0.05, 0.1) is 11.0 Å². The number of nitrogens with zero attached hydrogens (tertiary/aromatic N) is 2. The highest BCUT2D eigenvalue weighted by atomic mass is 15.2. The smallest absolute Gasteiger partial charge is 0.204 e. The zero-order valence-electron chi connectivity index (χ0n) is 11.3. The van der Waals surface area contributed by atoms with Crippen molar-refractivity contribution in [2.75, 3.05) is 5.32 Å². The number of nitrogens with one attached hydrogen (secondary N) is 1. The van der Waals surface area contributed by atoms with Gasteiger partial charge in [0.1, 0.15) is 0 Å². The zero-order valence-corrected chi connectivity index (χ0v) is 11.3. The van der Waals surface area contributed by atoms with Crippen molar-refractivity contribution >= 4 is 17.0 Å². The quantitative estimate of drug-likeness (QED) is 0.872. The van der Waals surface area contributed by atoms with Crippen molar-refractivity contribution in [1.82, 2.24) is 9.55 Å². The van der Waals surface area contributed by atoms with Gasteiger partial charge in [-0.25, -0.2) is 4.98 Å². The fourth-order valence-electron chi connectivity index (χ4n) is 2.09. The third-order valence-electron chi connectivity index (χ3n) is 2.78. The van der Waals surface area contributed by atoms with Crippen molar-refractivity contribution in [1.29, 1.82) is 0 Å². The van der Waals surface area contributed by atoms with Crippen molar-refractivity contribution in [3.05, 3.63) is 23.8 Å². The lowest BCUT2D eigenvalue weighted by Gasteiger charge is -2.15. The van der Waals surface area contributed by atoms with E-state index in [4.69, 9.17) is 0 Å². The molecule has 1 heterocycles. The fourth-order valence-corrected chi connectivity index (χ4v) is 2.09. The molecule has 0 spiro atoms. The lowest BCUT2D eigenvalue weighted by Crippen LogP contribution is -2.15. The zero-order chi connectivity index (χ0) is 12.6. The molecule has 0 aliphatic heterocycles. The average Bonchev–Trinajstić information content (AvgIpc) is 2.53. The van der Waals surface area contributed by atoms with Gasteiger partial charge in [-0.3, -0.25) is 0 Å². The van der Waals surface area contributed by atoms with E-state index in [0.29, 0.717) is 12.1 Å². The Morgan fingerprint density at radius 3 is 2.47 bits per heavy atom. The van der Waals surface area contributed by atoms with Gasteiger partial charge in [-0.15, -0.1) is 0 Å². The van der Waals surface area contributed by atoms with Gasteiger partial charge in [0.15, 0.2) is 0 Å². The van der Waals surface area contributed by atoms with Crippen LogP contribution in [0.15, 0.2) is 18.2 Å². The van der Waals surface area contributed by atoms with Gasteiger partial charge in [-0.1, -0.05) is 6.07 Å². The predicted octanol–water partition coefficient (Wildman–Crippen LogP) is 3.75. The summed E-state index contributed by atoms with van der Waals surface area (Å²) in [4.78, 5) is 4.67. The molecule has 0 saturated heterocycles. The standard InChI is InChI=1S/C14H21N3/c1-9(2)15-14-16-12-7-6-11(5)8-13(12)17(14)10(3)4/h6-10H,1-5H3,(H,15,16). The molecule has 0 bridgehead atoms. The summed E-state index contributed by atoms with van der Waals surface area (Å²) >= 11 is 0. The minimum Gasteiger partial charge on any atom is -0.353 e. The molecule has 0 aliphatic carbocycles. The van der Waals surface area contributed by atoms with Gasteiger partial charge in [0.2, 0.25) is 5.95 Å². The second kappa shape index (κ2) is 4.40. The molecule has 2 rings (SSSR count). The molecule has 1 aromatic carbocycles. The van der Waals surface area contributed by atoms with E-state index in [9.17, 15) is 0 Å². The molecule has 2 aromatic rings. The molecule has 3 nitrogen and oxygen atoms in total. The van der Waals surface area contributed by atoms with Gasteiger partial charge in [0.25, 0.3) is 0 Å². The summed E-state index contributed by atoms with van der Waals surface area (Å²) in [6.45, 7) is 10.8. The van der Waals surface area contributed by atoms with Gasteiger partial charge in [0, 0.05) is 12.1 Å². The minimum atomic E-state index is 0.394. The van der Waals surface area contributed by atoms with E-state index >= 15 is 0 Å². The molecule has 3 heteroatoms. The number of aryl methyl sites for hydroxylation is 1. The van der Waals surface area contributed by atoms with Crippen LogP contribution >= 0.6 is 0 Å². The van der Waals surface area contributed by atoms with Crippen LogP contribution in [-0.4, -0.2) is 15.6 Å². The number of hydrogen-bond acceptors (Lipinski definition) is 2. The molecule has 0 radical (unpaired) electrons. The van der Waals surface area contributed by atoms with E-state index < -0.39 is 0 Å². The Hall–Kier alpha value is -1.51. The van der Waals surface area contributed by atoms with Crippen molar-refractivity contribution < 1.29 is 0 Å². The maximum absolute atomic E-state index is 4.67. The van der Waals surface area contributed by atoms with Gasteiger partial charge >= 0.3 is 0 Å². The minimum absolute atomic E-state index is 0.394. The molecule has 0 atom stereocenters. The number of rotatable bonds is 3. The molecule has 0 fully saturated rings. The Balaban J connectivity index is 2.63. The summed E-state index contributed by atoms with van der Waals surface area (Å²) in [5.74, 6) is 0.968. The molecule has 1 N–H and O–H groups in total. The van der Waals surface area contributed by atoms with Crippen LogP contribution in [0.4, 0.5) is 5.95 Å². The summed E-state index contributed by atoms with van der Waals surface area (Å²) in [5.41, 5.74) is 3.55. The number of hydrogen-bond donors (Lipinski definition) is 1. The van der Waals surface area contributed by atoms with Crippen LogP contribution in [-0.2, 0) is 0 Å². The van der Waals surface area contributed by atoms with Crippen LogP contribution in [0, 0.1) is 6.92 Å². The Morgan fingerprint density at radius 1 is 1.18 bits per heavy atom. The van der Waals surface area contributed by atoms with Crippen LogP contribution in [0.25, 0.3) is 11.0 Å². The highest BCUT2D eigenvalue weighted by Crippen LogP contribution is 2.25. The first kappa shape index (κ1) is 12.0. The van der Waals surface area contributed by atoms with Crippen molar-refractivity contribution in [2.45, 2.75) is 46.7 Å². The topological polar surface area (TPSA) is 29.9 Å². The van der Waals surface area contributed by atoms with Gasteiger partial charge in [-0.05, 0) is 52.3 Å². The summed E-state index contributed by atoms with van der Waals surface area (Å²) in [6.07, 6.45) is 0. The SMILES string of the molecule is Cc1ccc2nc(NC(C)C)n(C(C)C)c2c1. The van der Waals surface area contributed by atoms with E-state index in [-0.39, 0.29) is 0 Å². The van der Waals surface area contributed by atoms with Gasteiger partial charge in [-0.2, -0.15) is 0 Å². The summed E-state index contributed by atoms with van der Waals surface area (Å²) in [5, 5.41) is 3.42. The van der Waals surface area contributed by atoms with E-state index in [1.807, 2.05) is 0 Å². The molecule has 0 aliphatic rings. The fraction of sp³-hybridized carbons (Fsp3) is 0.500. The Labute approximate surface area is 103 Å². The van der Waals surface area contributed by atoms with Crippen LogP contribution in [0.3, 0.4) is 0 Å². The maximum atomic E-state index is 4.67. The first-order valence-electron chi connectivity index (χ1n) is 6.24. The van der Waals surface area contributed by atoms with Crippen LogP contribution in [0.2, 0.25) is 0 Å². The van der Waals surface area contributed by atoms with Crippen molar-refractivity contribution in [2.24, 2.45) is 0 Å². The van der Waals surface area contributed by atoms with E-state index in [1.165, 1.54) is 11.1 Å². The Bertz CT molecular complexity index is 523. The molecular weight excluding hydrogens is 210 g/mol. The highest BCUT2D eigenvalue weighted by molar-refractivity contribution is 5.79.